The summed E-state index contributed by atoms with van der Waals surface area (Å²) < 4.78 is 11.2. The lowest BCUT2D eigenvalue weighted by molar-refractivity contribution is -0.135. The van der Waals surface area contributed by atoms with E-state index in [1.54, 1.807) is 0 Å². The summed E-state index contributed by atoms with van der Waals surface area (Å²) in [4.78, 5) is 0. The van der Waals surface area contributed by atoms with Gasteiger partial charge in [-0.25, -0.2) is 0 Å². The SMILES string of the molecule is CCCCOC1N(CCCC)[SiH2]N1CCCC. The van der Waals surface area contributed by atoms with E-state index in [9.17, 15) is 0 Å². The minimum absolute atomic E-state index is 0.148. The molecule has 1 fully saturated rings. The van der Waals surface area contributed by atoms with Crippen LogP contribution in [-0.4, -0.2) is 45.0 Å². The van der Waals surface area contributed by atoms with Crippen molar-refractivity contribution in [3.63, 3.8) is 0 Å². The predicted molar refractivity (Wildman–Crippen MR) is 76.4 cm³/mol. The maximum absolute atomic E-state index is 6.02. The fourth-order valence-electron chi connectivity index (χ4n) is 2.14. The molecule has 0 aromatic heterocycles. The third-order valence-corrected chi connectivity index (χ3v) is 5.33. The second-order valence-corrected chi connectivity index (χ2v) is 6.93. The zero-order valence-electron chi connectivity index (χ0n) is 12.0. The van der Waals surface area contributed by atoms with Gasteiger partial charge in [-0.1, -0.05) is 40.0 Å². The van der Waals surface area contributed by atoms with E-state index in [1.165, 1.54) is 51.6 Å². The van der Waals surface area contributed by atoms with Crippen LogP contribution in [0, 0.1) is 0 Å². The van der Waals surface area contributed by atoms with Crippen LogP contribution in [0.5, 0.6) is 0 Å². The van der Waals surface area contributed by atoms with Gasteiger partial charge in [0.15, 0.2) is 16.2 Å². The zero-order chi connectivity index (χ0) is 12.5. The molecule has 0 N–H and O–H groups in total. The molecule has 0 spiro atoms. The van der Waals surface area contributed by atoms with Crippen molar-refractivity contribution in [2.24, 2.45) is 0 Å². The Labute approximate surface area is 109 Å². The van der Waals surface area contributed by atoms with E-state index in [0.29, 0.717) is 6.35 Å². The molecule has 0 bridgehead atoms. The summed E-state index contributed by atoms with van der Waals surface area (Å²) in [6.07, 6.45) is 7.99. The summed E-state index contributed by atoms with van der Waals surface area (Å²) in [6, 6.07) is 0. The summed E-state index contributed by atoms with van der Waals surface area (Å²) in [5, 5.41) is 0. The average Bonchev–Trinajstić information content (AvgIpc) is 2.33. The van der Waals surface area contributed by atoms with E-state index >= 15 is 0 Å². The van der Waals surface area contributed by atoms with Gasteiger partial charge in [-0.05, 0) is 32.4 Å². The van der Waals surface area contributed by atoms with E-state index in [4.69, 9.17) is 4.74 Å². The lowest BCUT2D eigenvalue weighted by Crippen LogP contribution is -2.67. The molecule has 1 heterocycles. The molecule has 0 aromatic carbocycles. The molecule has 0 aliphatic carbocycles. The monoisotopic (exact) mass is 258 g/mol. The summed E-state index contributed by atoms with van der Waals surface area (Å²) in [5.41, 5.74) is 0. The molecule has 0 amide bonds. The second kappa shape index (κ2) is 9.08. The number of nitrogens with zero attached hydrogens (tertiary/aromatic N) is 2. The minimum atomic E-state index is -0.148. The summed E-state index contributed by atoms with van der Waals surface area (Å²) in [6.45, 7) is 10.2. The van der Waals surface area contributed by atoms with Crippen molar-refractivity contribution < 1.29 is 4.74 Å². The minimum Gasteiger partial charge on any atom is -0.351 e. The first-order valence-corrected chi connectivity index (χ1v) is 8.69. The Hall–Kier alpha value is 0.0969. The first-order chi connectivity index (χ1) is 8.33. The van der Waals surface area contributed by atoms with E-state index in [2.05, 4.69) is 29.9 Å². The highest BCUT2D eigenvalue weighted by atomic mass is 28.2. The highest BCUT2D eigenvalue weighted by Crippen LogP contribution is 2.19. The van der Waals surface area contributed by atoms with Gasteiger partial charge in [0.05, 0.1) is 6.61 Å². The number of hydrogen-bond acceptors (Lipinski definition) is 3. The van der Waals surface area contributed by atoms with Gasteiger partial charge < -0.3 is 4.74 Å². The first kappa shape index (κ1) is 15.2. The first-order valence-electron chi connectivity index (χ1n) is 7.43. The van der Waals surface area contributed by atoms with Crippen LogP contribution < -0.4 is 0 Å². The van der Waals surface area contributed by atoms with E-state index in [0.717, 1.165) is 6.61 Å². The van der Waals surface area contributed by atoms with Crippen LogP contribution in [0.4, 0.5) is 0 Å². The summed E-state index contributed by atoms with van der Waals surface area (Å²) in [7, 11) is -0.148. The molecule has 4 heteroatoms. The maximum atomic E-state index is 6.02. The van der Waals surface area contributed by atoms with Crippen molar-refractivity contribution in [1.29, 1.82) is 0 Å². The average molecular weight is 258 g/mol. The number of ether oxygens (including phenoxy) is 1. The highest BCUT2D eigenvalue weighted by molar-refractivity contribution is 6.31. The van der Waals surface area contributed by atoms with Gasteiger partial charge >= 0.3 is 0 Å². The normalized spacial score (nSPS) is 23.1. The molecule has 1 aliphatic rings. The van der Waals surface area contributed by atoms with Crippen molar-refractivity contribution in [3.05, 3.63) is 0 Å². The lowest BCUT2D eigenvalue weighted by atomic mass is 10.3. The topological polar surface area (TPSA) is 15.7 Å². The van der Waals surface area contributed by atoms with Crippen molar-refractivity contribution in [3.8, 4) is 0 Å². The fourth-order valence-corrected chi connectivity index (χ4v) is 3.98. The van der Waals surface area contributed by atoms with Crippen LogP contribution in [0.1, 0.15) is 59.3 Å². The Morgan fingerprint density at radius 1 is 0.882 bits per heavy atom. The molecule has 1 rings (SSSR count). The van der Waals surface area contributed by atoms with Gasteiger partial charge in [-0.3, -0.25) is 9.13 Å². The van der Waals surface area contributed by atoms with Gasteiger partial charge in [0, 0.05) is 0 Å². The largest absolute Gasteiger partial charge is 0.351 e. The Balaban J connectivity index is 2.25. The van der Waals surface area contributed by atoms with Crippen LogP contribution in [0.15, 0.2) is 0 Å². The van der Waals surface area contributed by atoms with Gasteiger partial charge in [-0.15, -0.1) is 0 Å². The second-order valence-electron chi connectivity index (χ2n) is 5.02. The van der Waals surface area contributed by atoms with Crippen LogP contribution in [0.25, 0.3) is 0 Å². The number of unbranched alkanes of at least 4 members (excludes halogenated alkanes) is 3. The number of rotatable bonds is 10. The fraction of sp³-hybridized carbons (Fsp3) is 1.00. The quantitative estimate of drug-likeness (QED) is 0.442. The molecule has 1 saturated heterocycles. The van der Waals surface area contributed by atoms with Crippen molar-refractivity contribution in [2.45, 2.75) is 65.6 Å². The Bertz CT molecular complexity index is 178. The smallest absolute Gasteiger partial charge is 0.179 e. The molecule has 0 atom stereocenters. The van der Waals surface area contributed by atoms with Gasteiger partial charge in [0.25, 0.3) is 0 Å². The standard InChI is InChI=1S/C13H30N2OSi/c1-4-7-10-14-13(16-12-9-6-3)15(17-14)11-8-5-2/h13H,4-12,17H2,1-3H3. The molecule has 17 heavy (non-hydrogen) atoms. The van der Waals surface area contributed by atoms with Crippen LogP contribution in [-0.2, 0) is 4.74 Å². The van der Waals surface area contributed by atoms with Crippen LogP contribution in [0.3, 0.4) is 0 Å². The Kier molecular flexibility index (Phi) is 8.10. The van der Waals surface area contributed by atoms with Gasteiger partial charge in [0.2, 0.25) is 0 Å². The molecular weight excluding hydrogens is 228 g/mol. The van der Waals surface area contributed by atoms with Crippen LogP contribution >= 0.6 is 0 Å². The summed E-state index contributed by atoms with van der Waals surface area (Å²) in [5.74, 6) is 0. The zero-order valence-corrected chi connectivity index (χ0v) is 13.4. The van der Waals surface area contributed by atoms with E-state index in [1.807, 2.05) is 0 Å². The molecule has 102 valence electrons. The molecule has 0 saturated carbocycles. The molecular formula is C13H30N2OSi. The summed E-state index contributed by atoms with van der Waals surface area (Å²) >= 11 is 0. The Morgan fingerprint density at radius 2 is 1.41 bits per heavy atom. The Morgan fingerprint density at radius 3 is 1.88 bits per heavy atom. The molecule has 1 aliphatic heterocycles. The van der Waals surface area contributed by atoms with Crippen molar-refractivity contribution in [1.82, 2.24) is 9.13 Å². The lowest BCUT2D eigenvalue weighted by Gasteiger charge is -2.50. The number of hydrogen-bond donors (Lipinski definition) is 0. The highest BCUT2D eigenvalue weighted by Gasteiger charge is 2.36. The molecule has 3 nitrogen and oxygen atoms in total. The molecule has 0 radical (unpaired) electrons. The van der Waals surface area contributed by atoms with Crippen molar-refractivity contribution in [2.75, 3.05) is 19.7 Å². The third kappa shape index (κ3) is 5.08. The third-order valence-electron chi connectivity index (χ3n) is 3.35. The molecule has 0 aromatic rings. The van der Waals surface area contributed by atoms with Gasteiger partial charge in [0.1, 0.15) is 0 Å². The van der Waals surface area contributed by atoms with E-state index in [-0.39, 0.29) is 9.84 Å². The van der Waals surface area contributed by atoms with Crippen LogP contribution in [0.2, 0.25) is 0 Å². The maximum Gasteiger partial charge on any atom is 0.179 e. The van der Waals surface area contributed by atoms with Gasteiger partial charge in [-0.2, -0.15) is 0 Å². The van der Waals surface area contributed by atoms with E-state index < -0.39 is 0 Å². The van der Waals surface area contributed by atoms with Crippen molar-refractivity contribution >= 4 is 9.84 Å². The predicted octanol–water partition coefficient (Wildman–Crippen LogP) is 2.30. The molecule has 0 unspecified atom stereocenters.